The van der Waals surface area contributed by atoms with Gasteiger partial charge in [-0.3, -0.25) is 13.9 Å². The minimum atomic E-state index is -3.90. The van der Waals surface area contributed by atoms with Gasteiger partial charge in [0, 0.05) is 24.2 Å². The second kappa shape index (κ2) is 12.0. The minimum Gasteiger partial charge on any atom is -0.486 e. The van der Waals surface area contributed by atoms with E-state index < -0.39 is 34.3 Å². The van der Waals surface area contributed by atoms with Crippen LogP contribution in [0.25, 0.3) is 0 Å². The Labute approximate surface area is 222 Å². The summed E-state index contributed by atoms with van der Waals surface area (Å²) < 4.78 is 52.9. The van der Waals surface area contributed by atoms with Crippen LogP contribution in [0, 0.1) is 5.82 Å². The van der Waals surface area contributed by atoms with Crippen molar-refractivity contribution in [3.8, 4) is 11.5 Å². The van der Waals surface area contributed by atoms with E-state index in [1.807, 2.05) is 0 Å². The quantitative estimate of drug-likeness (QED) is 0.490. The van der Waals surface area contributed by atoms with Crippen LogP contribution in [0.5, 0.6) is 11.5 Å². The van der Waals surface area contributed by atoms with E-state index in [-0.39, 0.29) is 35.5 Å². The standard InChI is InChI=1S/C27H34FN3O6S/c1-3-38(34,35)31(22-12-13-24-25(16-22)37-15-14-36-24)18-26(32)30(17-20-8-4-7-11-23(20)28)19(2)27(33)29-21-9-5-6-10-21/h4,7-8,11-13,16,19,21H,3,5-6,9-10,14-15,17-18H2,1-2H3,(H,29,33)/t19-/m1/s1. The number of ether oxygens (including phenoxy) is 2. The number of nitrogens with one attached hydrogen (secondary N) is 1. The number of carbonyl (C=O) groups excluding carboxylic acids is 2. The maximum Gasteiger partial charge on any atom is 0.244 e. The first-order chi connectivity index (χ1) is 18.2. The van der Waals surface area contributed by atoms with Crippen LogP contribution >= 0.6 is 0 Å². The smallest absolute Gasteiger partial charge is 0.244 e. The molecule has 4 rings (SSSR count). The molecule has 1 atom stereocenters. The summed E-state index contributed by atoms with van der Waals surface area (Å²) in [5.41, 5.74) is 0.462. The lowest BCUT2D eigenvalue weighted by Crippen LogP contribution is -2.52. The maximum atomic E-state index is 14.6. The average Bonchev–Trinajstić information content (AvgIpc) is 3.43. The first-order valence-electron chi connectivity index (χ1n) is 12.9. The molecule has 2 aliphatic rings. The summed E-state index contributed by atoms with van der Waals surface area (Å²) in [6, 6.07) is 9.76. The predicted octanol–water partition coefficient (Wildman–Crippen LogP) is 3.23. The summed E-state index contributed by atoms with van der Waals surface area (Å²) >= 11 is 0. The number of hydrogen-bond acceptors (Lipinski definition) is 6. The van der Waals surface area contributed by atoms with E-state index in [0.29, 0.717) is 24.7 Å². The molecule has 0 unspecified atom stereocenters. The number of carbonyl (C=O) groups is 2. The number of benzene rings is 2. The van der Waals surface area contributed by atoms with Crippen LogP contribution in [0.3, 0.4) is 0 Å². The minimum absolute atomic E-state index is 0.0324. The zero-order valence-electron chi connectivity index (χ0n) is 21.7. The largest absolute Gasteiger partial charge is 0.486 e. The molecule has 2 aromatic carbocycles. The van der Waals surface area contributed by atoms with Gasteiger partial charge in [0.25, 0.3) is 0 Å². The van der Waals surface area contributed by atoms with Crippen molar-refractivity contribution in [2.24, 2.45) is 0 Å². The van der Waals surface area contributed by atoms with Gasteiger partial charge in [-0.2, -0.15) is 0 Å². The fourth-order valence-electron chi connectivity index (χ4n) is 4.69. The van der Waals surface area contributed by atoms with Crippen LogP contribution in [0.15, 0.2) is 42.5 Å². The summed E-state index contributed by atoms with van der Waals surface area (Å²) in [5, 5.41) is 2.99. The topological polar surface area (TPSA) is 105 Å². The SMILES string of the molecule is CCS(=O)(=O)N(CC(=O)N(Cc1ccccc1F)[C@H](C)C(=O)NC1CCCC1)c1ccc2c(c1)OCCO2. The number of amides is 2. The summed E-state index contributed by atoms with van der Waals surface area (Å²) in [5.74, 6) is -0.887. The molecule has 0 aromatic heterocycles. The normalized spacial score (nSPS) is 16.1. The Bertz CT molecular complexity index is 1270. The first kappa shape index (κ1) is 27.7. The van der Waals surface area contributed by atoms with Gasteiger partial charge in [0.2, 0.25) is 21.8 Å². The number of halogens is 1. The van der Waals surface area contributed by atoms with E-state index in [9.17, 15) is 22.4 Å². The van der Waals surface area contributed by atoms with Gasteiger partial charge in [0.05, 0.1) is 11.4 Å². The number of rotatable bonds is 10. The van der Waals surface area contributed by atoms with Crippen LogP contribution in [0.2, 0.25) is 0 Å². The molecule has 1 aliphatic heterocycles. The zero-order valence-corrected chi connectivity index (χ0v) is 22.5. The lowest BCUT2D eigenvalue weighted by molar-refractivity contribution is -0.139. The van der Waals surface area contributed by atoms with E-state index in [0.717, 1.165) is 30.0 Å². The fourth-order valence-corrected chi connectivity index (χ4v) is 5.75. The van der Waals surface area contributed by atoms with Gasteiger partial charge in [-0.1, -0.05) is 31.0 Å². The zero-order chi connectivity index (χ0) is 27.3. The monoisotopic (exact) mass is 547 g/mol. The molecule has 206 valence electrons. The molecule has 1 N–H and O–H groups in total. The third-order valence-corrected chi connectivity index (χ3v) is 8.70. The number of sulfonamides is 1. The fraction of sp³-hybridized carbons (Fsp3) is 0.481. The van der Waals surface area contributed by atoms with E-state index in [1.54, 1.807) is 37.3 Å². The number of fused-ring (bicyclic) bond motifs is 1. The van der Waals surface area contributed by atoms with E-state index >= 15 is 0 Å². The van der Waals surface area contributed by atoms with Gasteiger partial charge >= 0.3 is 0 Å². The third-order valence-electron chi connectivity index (χ3n) is 6.96. The molecular formula is C27H34FN3O6S. The Balaban J connectivity index is 1.63. The third kappa shape index (κ3) is 6.38. The Hall–Kier alpha value is -3.34. The average molecular weight is 548 g/mol. The highest BCUT2D eigenvalue weighted by atomic mass is 32.2. The molecule has 1 heterocycles. The van der Waals surface area contributed by atoms with E-state index in [1.165, 1.54) is 24.0 Å². The van der Waals surface area contributed by atoms with Gasteiger partial charge < -0.3 is 19.7 Å². The molecule has 0 radical (unpaired) electrons. The van der Waals surface area contributed by atoms with Crippen molar-refractivity contribution in [1.29, 1.82) is 0 Å². The molecular weight excluding hydrogens is 513 g/mol. The Morgan fingerprint density at radius 3 is 2.45 bits per heavy atom. The van der Waals surface area contributed by atoms with Crippen LogP contribution < -0.4 is 19.1 Å². The molecule has 1 fully saturated rings. The summed E-state index contributed by atoms with van der Waals surface area (Å²) in [4.78, 5) is 28.1. The van der Waals surface area contributed by atoms with Gasteiger partial charge in [-0.25, -0.2) is 12.8 Å². The van der Waals surface area contributed by atoms with Crippen LogP contribution in [0.4, 0.5) is 10.1 Å². The van der Waals surface area contributed by atoms with Crippen LogP contribution in [0.1, 0.15) is 45.1 Å². The lowest BCUT2D eigenvalue weighted by atomic mass is 10.1. The first-order valence-corrected chi connectivity index (χ1v) is 14.5. The Morgan fingerprint density at radius 2 is 1.76 bits per heavy atom. The van der Waals surface area contributed by atoms with Crippen molar-refractivity contribution in [1.82, 2.24) is 10.2 Å². The van der Waals surface area contributed by atoms with Crippen molar-refractivity contribution in [2.75, 3.05) is 29.8 Å². The lowest BCUT2D eigenvalue weighted by Gasteiger charge is -2.32. The van der Waals surface area contributed by atoms with E-state index in [4.69, 9.17) is 9.47 Å². The van der Waals surface area contributed by atoms with Crippen LogP contribution in [-0.4, -0.2) is 62.7 Å². The second-order valence-electron chi connectivity index (χ2n) is 9.51. The molecule has 0 bridgehead atoms. The highest BCUT2D eigenvalue weighted by molar-refractivity contribution is 7.92. The Kier molecular flexibility index (Phi) is 8.76. The van der Waals surface area contributed by atoms with Gasteiger partial charge in [-0.15, -0.1) is 0 Å². The van der Waals surface area contributed by atoms with Gasteiger partial charge in [0.1, 0.15) is 31.6 Å². The highest BCUT2D eigenvalue weighted by Gasteiger charge is 2.33. The molecule has 11 heteroatoms. The van der Waals surface area contributed by atoms with E-state index in [2.05, 4.69) is 5.32 Å². The van der Waals surface area contributed by atoms with Gasteiger partial charge in [0.15, 0.2) is 11.5 Å². The second-order valence-corrected chi connectivity index (χ2v) is 11.7. The van der Waals surface area contributed by atoms with Crippen molar-refractivity contribution in [3.63, 3.8) is 0 Å². The Morgan fingerprint density at radius 1 is 1.08 bits per heavy atom. The van der Waals surface area contributed by atoms with Crippen LogP contribution in [-0.2, 0) is 26.2 Å². The summed E-state index contributed by atoms with van der Waals surface area (Å²) in [7, 11) is -3.90. The summed E-state index contributed by atoms with van der Waals surface area (Å²) in [6.45, 7) is 3.01. The number of anilines is 1. The van der Waals surface area contributed by atoms with Crippen molar-refractivity contribution < 1.29 is 31.9 Å². The molecule has 2 amide bonds. The number of hydrogen-bond donors (Lipinski definition) is 1. The maximum absolute atomic E-state index is 14.6. The van der Waals surface area contributed by atoms with Gasteiger partial charge in [-0.05, 0) is 44.9 Å². The van der Waals surface area contributed by atoms with Crippen molar-refractivity contribution >= 4 is 27.5 Å². The summed E-state index contributed by atoms with van der Waals surface area (Å²) in [6.07, 6.45) is 3.78. The molecule has 0 spiro atoms. The molecule has 2 aromatic rings. The molecule has 0 saturated heterocycles. The number of nitrogens with zero attached hydrogens (tertiary/aromatic N) is 2. The molecule has 1 saturated carbocycles. The van der Waals surface area contributed by atoms with Crippen molar-refractivity contribution in [2.45, 2.75) is 58.2 Å². The highest BCUT2D eigenvalue weighted by Crippen LogP contribution is 2.35. The predicted molar refractivity (Wildman–Crippen MR) is 141 cm³/mol. The molecule has 38 heavy (non-hydrogen) atoms. The molecule has 1 aliphatic carbocycles. The molecule has 9 nitrogen and oxygen atoms in total. The van der Waals surface area contributed by atoms with Crippen molar-refractivity contribution in [3.05, 3.63) is 53.8 Å².